The fraction of sp³-hybridized carbons (Fsp3) is 0.517. The summed E-state index contributed by atoms with van der Waals surface area (Å²) in [5, 5.41) is 0.770. The highest BCUT2D eigenvalue weighted by molar-refractivity contribution is 7.90. The van der Waals surface area contributed by atoms with E-state index in [1.165, 1.54) is 13.4 Å². The van der Waals surface area contributed by atoms with Gasteiger partial charge in [-0.25, -0.2) is 8.42 Å². The zero-order chi connectivity index (χ0) is 28.5. The van der Waals surface area contributed by atoms with Crippen LogP contribution in [0, 0.1) is 11.8 Å². The minimum Gasteiger partial charge on any atom is -0.497 e. The molecular weight excluding hydrogens is 561 g/mol. The van der Waals surface area contributed by atoms with Crippen molar-refractivity contribution in [3.63, 3.8) is 0 Å². The first-order valence-electron chi connectivity index (χ1n) is 13.3. The fourth-order valence-corrected chi connectivity index (χ4v) is 8.10. The van der Waals surface area contributed by atoms with Gasteiger partial charge in [0.15, 0.2) is 0 Å². The first kappa shape index (κ1) is 29.7. The molecule has 5 atom stereocenters. The molecule has 1 heterocycles. The van der Waals surface area contributed by atoms with E-state index in [9.17, 15) is 18.0 Å². The third kappa shape index (κ3) is 6.23. The van der Waals surface area contributed by atoms with Crippen LogP contribution in [0.25, 0.3) is 0 Å². The van der Waals surface area contributed by atoms with Crippen LogP contribution >= 0.6 is 23.2 Å². The third-order valence-electron chi connectivity index (χ3n) is 7.93. The second-order valence-electron chi connectivity index (χ2n) is 10.6. The summed E-state index contributed by atoms with van der Waals surface area (Å²) in [7, 11) is -1.70. The monoisotopic (exact) mass is 595 g/mol. The quantitative estimate of drug-likeness (QED) is 0.343. The summed E-state index contributed by atoms with van der Waals surface area (Å²) in [6.07, 6.45) is 4.54. The van der Waals surface area contributed by atoms with Gasteiger partial charge in [0.2, 0.25) is 0 Å². The SMILES string of the molecule is CCOC(=O)[C@@H]1c2cc(OC)ccc2C(=O)N([C@H]2CCCC[C@@H]2C(C)CS(C)(=O)=O)[C@H]1c1ccc(Cl)cc1Cl. The van der Waals surface area contributed by atoms with Gasteiger partial charge in [0.25, 0.3) is 5.91 Å². The minimum atomic E-state index is -3.23. The Morgan fingerprint density at radius 1 is 1.10 bits per heavy atom. The highest BCUT2D eigenvalue weighted by atomic mass is 35.5. The van der Waals surface area contributed by atoms with E-state index in [1.807, 2.05) is 6.92 Å². The molecule has 0 spiro atoms. The summed E-state index contributed by atoms with van der Waals surface area (Å²) < 4.78 is 35.5. The Labute approximate surface area is 240 Å². The Bertz CT molecular complexity index is 1350. The Hall–Kier alpha value is -2.29. The number of carbonyl (C=O) groups excluding carboxylic acids is 2. The van der Waals surface area contributed by atoms with Gasteiger partial charge in [0.1, 0.15) is 21.5 Å². The predicted molar refractivity (Wildman–Crippen MR) is 152 cm³/mol. The van der Waals surface area contributed by atoms with E-state index in [1.54, 1.807) is 48.2 Å². The summed E-state index contributed by atoms with van der Waals surface area (Å²) in [5.74, 6) is -1.30. The maximum atomic E-state index is 14.4. The van der Waals surface area contributed by atoms with E-state index < -0.39 is 27.8 Å². The van der Waals surface area contributed by atoms with E-state index in [2.05, 4.69) is 0 Å². The van der Waals surface area contributed by atoms with Gasteiger partial charge in [-0.1, -0.05) is 49.0 Å². The van der Waals surface area contributed by atoms with Crippen LogP contribution < -0.4 is 4.74 Å². The molecule has 1 unspecified atom stereocenters. The molecule has 0 bridgehead atoms. The average molecular weight is 597 g/mol. The summed E-state index contributed by atoms with van der Waals surface area (Å²) >= 11 is 13.0. The molecule has 2 aromatic rings. The van der Waals surface area contributed by atoms with E-state index in [0.717, 1.165) is 19.3 Å². The molecule has 0 saturated heterocycles. The molecule has 2 aliphatic rings. The molecule has 0 N–H and O–H groups in total. The van der Waals surface area contributed by atoms with Gasteiger partial charge in [-0.2, -0.15) is 0 Å². The molecule has 4 rings (SSSR count). The lowest BCUT2D eigenvalue weighted by Gasteiger charge is -2.50. The van der Waals surface area contributed by atoms with E-state index in [4.69, 9.17) is 32.7 Å². The highest BCUT2D eigenvalue weighted by Crippen LogP contribution is 2.50. The Morgan fingerprint density at radius 3 is 2.46 bits per heavy atom. The minimum absolute atomic E-state index is 0.0255. The van der Waals surface area contributed by atoms with E-state index in [-0.39, 0.29) is 36.1 Å². The van der Waals surface area contributed by atoms with Crippen molar-refractivity contribution in [2.75, 3.05) is 25.7 Å². The van der Waals surface area contributed by atoms with Crippen molar-refractivity contribution in [2.45, 2.75) is 57.5 Å². The smallest absolute Gasteiger partial charge is 0.315 e. The Kier molecular flexibility index (Phi) is 9.19. The van der Waals surface area contributed by atoms with Crippen molar-refractivity contribution >= 4 is 44.9 Å². The number of sulfone groups is 1. The van der Waals surface area contributed by atoms with Crippen molar-refractivity contribution in [1.82, 2.24) is 4.90 Å². The second-order valence-corrected chi connectivity index (χ2v) is 13.6. The van der Waals surface area contributed by atoms with Gasteiger partial charge in [-0.05, 0) is 73.1 Å². The third-order valence-corrected chi connectivity index (χ3v) is 9.62. The van der Waals surface area contributed by atoms with Gasteiger partial charge < -0.3 is 14.4 Å². The van der Waals surface area contributed by atoms with Crippen LogP contribution in [-0.4, -0.2) is 57.0 Å². The molecule has 0 aromatic heterocycles. The number of amides is 1. The summed E-state index contributed by atoms with van der Waals surface area (Å²) in [4.78, 5) is 29.9. The normalized spacial score (nSPS) is 24.2. The maximum Gasteiger partial charge on any atom is 0.315 e. The molecule has 10 heteroatoms. The molecule has 1 aliphatic carbocycles. The zero-order valence-electron chi connectivity index (χ0n) is 22.7. The number of benzene rings is 2. The predicted octanol–water partition coefficient (Wildman–Crippen LogP) is 6.09. The molecular formula is C29H35Cl2NO6S. The Balaban J connectivity index is 1.95. The van der Waals surface area contributed by atoms with E-state index in [0.29, 0.717) is 38.9 Å². The second kappa shape index (κ2) is 12.1. The Morgan fingerprint density at radius 2 is 1.82 bits per heavy atom. The molecule has 0 radical (unpaired) electrons. The fourth-order valence-electron chi connectivity index (χ4n) is 6.38. The number of rotatable bonds is 8. The largest absolute Gasteiger partial charge is 0.497 e. The molecule has 39 heavy (non-hydrogen) atoms. The topological polar surface area (TPSA) is 90.0 Å². The standard InChI is InChI=1S/C29H35Cl2NO6S/c1-5-38-29(34)26-23-15-19(37-3)11-13-21(23)28(33)32(27(26)22-12-10-18(30)14-24(22)31)25-9-7-6-8-20(25)17(2)16-39(4,35)36/h10-15,17,20,25-27H,5-9,16H2,1-4H3/t17?,20-,25+,26-,27+/m1/s1. The molecule has 212 valence electrons. The lowest BCUT2D eigenvalue weighted by atomic mass is 9.72. The van der Waals surface area contributed by atoms with Gasteiger partial charge in [0.05, 0.1) is 25.5 Å². The summed E-state index contributed by atoms with van der Waals surface area (Å²) in [6, 6.07) is 9.08. The van der Waals surface area contributed by atoms with Crippen molar-refractivity contribution in [2.24, 2.45) is 11.8 Å². The number of fused-ring (bicyclic) bond motifs is 1. The molecule has 1 fully saturated rings. The van der Waals surface area contributed by atoms with Crippen LogP contribution in [0.2, 0.25) is 10.0 Å². The summed E-state index contributed by atoms with van der Waals surface area (Å²) in [6.45, 7) is 3.84. The lowest BCUT2D eigenvalue weighted by molar-refractivity contribution is -0.147. The number of nitrogens with zero attached hydrogens (tertiary/aromatic N) is 1. The molecule has 1 aliphatic heterocycles. The number of hydrogen-bond donors (Lipinski definition) is 0. The number of halogens is 2. The van der Waals surface area contributed by atoms with Crippen molar-refractivity contribution in [3.05, 3.63) is 63.1 Å². The van der Waals surface area contributed by atoms with Crippen LogP contribution in [-0.2, 0) is 19.4 Å². The van der Waals surface area contributed by atoms with Gasteiger partial charge >= 0.3 is 5.97 Å². The van der Waals surface area contributed by atoms with Gasteiger partial charge in [-0.15, -0.1) is 0 Å². The molecule has 7 nitrogen and oxygen atoms in total. The highest BCUT2D eigenvalue weighted by Gasteiger charge is 2.50. The van der Waals surface area contributed by atoms with Crippen LogP contribution in [0.3, 0.4) is 0 Å². The number of carbonyl (C=O) groups is 2. The molecule has 1 amide bonds. The van der Waals surface area contributed by atoms with Gasteiger partial charge in [0, 0.05) is 27.9 Å². The van der Waals surface area contributed by atoms with Gasteiger partial charge in [-0.3, -0.25) is 9.59 Å². The van der Waals surface area contributed by atoms with Crippen LogP contribution in [0.15, 0.2) is 36.4 Å². The van der Waals surface area contributed by atoms with Crippen LogP contribution in [0.5, 0.6) is 5.75 Å². The summed E-state index contributed by atoms with van der Waals surface area (Å²) in [5.41, 5.74) is 1.50. The number of ether oxygens (including phenoxy) is 2. The maximum absolute atomic E-state index is 14.4. The zero-order valence-corrected chi connectivity index (χ0v) is 25.0. The van der Waals surface area contributed by atoms with Crippen LogP contribution in [0.1, 0.15) is 73.0 Å². The molecule has 1 saturated carbocycles. The first-order valence-corrected chi connectivity index (χ1v) is 16.1. The number of methoxy groups -OCH3 is 1. The van der Waals surface area contributed by atoms with E-state index >= 15 is 0 Å². The van der Waals surface area contributed by atoms with Crippen molar-refractivity contribution < 1.29 is 27.5 Å². The lowest BCUT2D eigenvalue weighted by Crippen LogP contribution is -2.54. The van der Waals surface area contributed by atoms with Crippen LogP contribution in [0.4, 0.5) is 0 Å². The first-order chi connectivity index (χ1) is 18.5. The number of esters is 1. The number of hydrogen-bond acceptors (Lipinski definition) is 6. The molecule has 2 aromatic carbocycles. The van der Waals surface area contributed by atoms with Crippen molar-refractivity contribution in [3.8, 4) is 5.75 Å². The average Bonchev–Trinajstić information content (AvgIpc) is 2.87. The van der Waals surface area contributed by atoms with Crippen molar-refractivity contribution in [1.29, 1.82) is 0 Å².